The largest absolute Gasteiger partial charge is 0.394 e. The highest BCUT2D eigenvalue weighted by atomic mass is 16.7. The highest BCUT2D eigenvalue weighted by molar-refractivity contribution is 5.76. The summed E-state index contributed by atoms with van der Waals surface area (Å²) in [6.45, 7) is 3.75. The van der Waals surface area contributed by atoms with Crippen molar-refractivity contribution >= 4 is 5.91 Å². The van der Waals surface area contributed by atoms with Crippen molar-refractivity contribution in [2.45, 2.75) is 320 Å². The number of hydrogen-bond donors (Lipinski definition) is 6. The van der Waals surface area contributed by atoms with Crippen LogP contribution in [0.4, 0.5) is 0 Å². The lowest BCUT2D eigenvalue weighted by Gasteiger charge is -2.40. The molecule has 0 saturated carbocycles. The maximum absolute atomic E-state index is 13.0. The Hall–Kier alpha value is -1.59. The first-order chi connectivity index (χ1) is 33.3. The van der Waals surface area contributed by atoms with Gasteiger partial charge in [-0.05, 0) is 44.9 Å². The Morgan fingerprint density at radius 3 is 1.31 bits per heavy atom. The molecular formula is C59H111NO8. The first kappa shape index (κ1) is 64.4. The molecule has 0 aromatic rings. The summed E-state index contributed by atoms with van der Waals surface area (Å²) < 4.78 is 11.3. The van der Waals surface area contributed by atoms with Crippen LogP contribution in [0.1, 0.15) is 277 Å². The van der Waals surface area contributed by atoms with Gasteiger partial charge in [-0.2, -0.15) is 0 Å². The second-order valence-corrected chi connectivity index (χ2v) is 20.4. The summed E-state index contributed by atoms with van der Waals surface area (Å²) in [5.41, 5.74) is 0. The molecule has 0 aromatic carbocycles. The minimum atomic E-state index is -1.57. The van der Waals surface area contributed by atoms with E-state index in [0.717, 1.165) is 70.6 Å². The van der Waals surface area contributed by atoms with Crippen molar-refractivity contribution in [2.75, 3.05) is 13.2 Å². The highest BCUT2D eigenvalue weighted by Crippen LogP contribution is 2.23. The minimum Gasteiger partial charge on any atom is -0.394 e. The molecule has 1 aliphatic heterocycles. The maximum atomic E-state index is 13.0. The second-order valence-electron chi connectivity index (χ2n) is 20.4. The molecule has 0 spiro atoms. The molecule has 1 amide bonds. The van der Waals surface area contributed by atoms with Crippen LogP contribution in [0.5, 0.6) is 0 Å². The molecule has 0 aromatic heterocycles. The Morgan fingerprint density at radius 1 is 0.500 bits per heavy atom. The number of carbonyl (C=O) groups is 1. The Morgan fingerprint density at radius 2 is 0.882 bits per heavy atom. The first-order valence-electron chi connectivity index (χ1n) is 29.2. The Kier molecular flexibility index (Phi) is 46.4. The number of carbonyl (C=O) groups excluding carboxylic acids is 1. The summed E-state index contributed by atoms with van der Waals surface area (Å²) >= 11 is 0. The molecule has 1 fully saturated rings. The number of amides is 1. The third kappa shape index (κ3) is 38.1. The van der Waals surface area contributed by atoms with E-state index in [1.807, 2.05) is 6.08 Å². The lowest BCUT2D eigenvalue weighted by atomic mass is 9.99. The van der Waals surface area contributed by atoms with Gasteiger partial charge in [0.25, 0.3) is 0 Å². The molecule has 7 unspecified atom stereocenters. The van der Waals surface area contributed by atoms with Gasteiger partial charge in [0.1, 0.15) is 24.4 Å². The van der Waals surface area contributed by atoms with Gasteiger partial charge in [-0.3, -0.25) is 4.79 Å². The lowest BCUT2D eigenvalue weighted by molar-refractivity contribution is -0.302. The molecule has 0 radical (unpaired) electrons. The second kappa shape index (κ2) is 49.0. The van der Waals surface area contributed by atoms with E-state index in [-0.39, 0.29) is 12.5 Å². The molecule has 0 bridgehead atoms. The van der Waals surface area contributed by atoms with Crippen molar-refractivity contribution in [1.82, 2.24) is 5.32 Å². The topological polar surface area (TPSA) is 149 Å². The van der Waals surface area contributed by atoms with Crippen LogP contribution >= 0.6 is 0 Å². The van der Waals surface area contributed by atoms with Crippen molar-refractivity contribution in [3.63, 3.8) is 0 Å². The Bertz CT molecular complexity index is 1160. The van der Waals surface area contributed by atoms with Gasteiger partial charge in [-0.25, -0.2) is 0 Å². The summed E-state index contributed by atoms with van der Waals surface area (Å²) in [4.78, 5) is 13.0. The van der Waals surface area contributed by atoms with E-state index < -0.39 is 49.5 Å². The normalized spacial score (nSPS) is 19.8. The third-order valence-corrected chi connectivity index (χ3v) is 14.0. The number of rotatable bonds is 50. The number of unbranched alkanes of at least 4 members (excludes halogenated alkanes) is 36. The van der Waals surface area contributed by atoms with Crippen molar-refractivity contribution in [3.05, 3.63) is 36.5 Å². The zero-order valence-corrected chi connectivity index (χ0v) is 44.4. The maximum Gasteiger partial charge on any atom is 0.220 e. The molecule has 68 heavy (non-hydrogen) atoms. The Labute approximate surface area is 419 Å². The van der Waals surface area contributed by atoms with E-state index in [2.05, 4.69) is 43.5 Å². The fraction of sp³-hybridized carbons (Fsp3) is 0.881. The average molecular weight is 963 g/mol. The number of hydrogen-bond acceptors (Lipinski definition) is 8. The molecule has 400 valence electrons. The van der Waals surface area contributed by atoms with Gasteiger partial charge < -0.3 is 40.3 Å². The van der Waals surface area contributed by atoms with Crippen LogP contribution in [0.3, 0.4) is 0 Å². The van der Waals surface area contributed by atoms with Gasteiger partial charge in [-0.1, -0.05) is 262 Å². The summed E-state index contributed by atoms with van der Waals surface area (Å²) in [6, 6.07) is -0.812. The minimum absolute atomic E-state index is 0.189. The van der Waals surface area contributed by atoms with E-state index in [4.69, 9.17) is 9.47 Å². The van der Waals surface area contributed by atoms with Gasteiger partial charge in [0.2, 0.25) is 5.91 Å². The molecule has 1 rings (SSSR count). The average Bonchev–Trinajstić information content (AvgIpc) is 3.34. The smallest absolute Gasteiger partial charge is 0.220 e. The van der Waals surface area contributed by atoms with E-state index in [1.165, 1.54) is 186 Å². The predicted octanol–water partition coefficient (Wildman–Crippen LogP) is 14.4. The fourth-order valence-corrected chi connectivity index (χ4v) is 9.29. The van der Waals surface area contributed by atoms with Gasteiger partial charge in [0.05, 0.1) is 25.4 Å². The zero-order valence-electron chi connectivity index (χ0n) is 44.4. The van der Waals surface area contributed by atoms with Gasteiger partial charge in [-0.15, -0.1) is 0 Å². The molecule has 7 atom stereocenters. The van der Waals surface area contributed by atoms with Crippen LogP contribution in [0.2, 0.25) is 0 Å². The first-order valence-corrected chi connectivity index (χ1v) is 29.2. The molecule has 9 heteroatoms. The molecular weight excluding hydrogens is 851 g/mol. The summed E-state index contributed by atoms with van der Waals surface area (Å²) in [6.07, 6.45) is 56.6. The highest BCUT2D eigenvalue weighted by Gasteiger charge is 2.44. The number of nitrogens with one attached hydrogen (secondary N) is 1. The number of allylic oxidation sites excluding steroid dienone is 5. The molecule has 6 N–H and O–H groups in total. The quantitative estimate of drug-likeness (QED) is 0.0261. The van der Waals surface area contributed by atoms with E-state index >= 15 is 0 Å². The molecule has 0 aliphatic carbocycles. The van der Waals surface area contributed by atoms with Crippen LogP contribution in [-0.4, -0.2) is 87.5 Å². The van der Waals surface area contributed by atoms with E-state index in [0.29, 0.717) is 6.42 Å². The van der Waals surface area contributed by atoms with Gasteiger partial charge >= 0.3 is 0 Å². The van der Waals surface area contributed by atoms with Crippen LogP contribution < -0.4 is 5.32 Å². The fourth-order valence-electron chi connectivity index (χ4n) is 9.29. The van der Waals surface area contributed by atoms with Crippen LogP contribution in [0.25, 0.3) is 0 Å². The Balaban J connectivity index is 2.15. The summed E-state index contributed by atoms with van der Waals surface area (Å²) in [5, 5.41) is 54.4. The standard InChI is InChI=1S/C59H111NO8/c1-3-5-7-9-11-13-15-17-19-20-21-22-23-24-25-26-27-28-29-30-31-32-33-34-35-36-38-40-42-44-46-48-53(62)52(51-67-59-58(66)57(65)56(64)54(50-61)68-59)60-55(63)49-47-45-43-41-39-37-18-16-14-12-10-8-6-4-2/h10,12,16,18,46,48,52-54,56-59,61-62,64-66H,3-9,11,13-15,17,19-45,47,49-51H2,1-2H3,(H,60,63)/b12-10-,18-16-,48-46+. The zero-order chi connectivity index (χ0) is 49.4. The lowest BCUT2D eigenvalue weighted by Crippen LogP contribution is -2.60. The van der Waals surface area contributed by atoms with Gasteiger partial charge in [0.15, 0.2) is 6.29 Å². The van der Waals surface area contributed by atoms with Crippen LogP contribution in [0.15, 0.2) is 36.5 Å². The number of aliphatic hydroxyl groups excluding tert-OH is 5. The number of aliphatic hydroxyl groups is 5. The molecule has 1 saturated heterocycles. The van der Waals surface area contributed by atoms with Crippen LogP contribution in [-0.2, 0) is 14.3 Å². The summed E-state index contributed by atoms with van der Waals surface area (Å²) in [5.74, 6) is -0.189. The van der Waals surface area contributed by atoms with Gasteiger partial charge in [0, 0.05) is 6.42 Å². The monoisotopic (exact) mass is 962 g/mol. The van der Waals surface area contributed by atoms with Crippen molar-refractivity contribution in [2.24, 2.45) is 0 Å². The van der Waals surface area contributed by atoms with E-state index in [9.17, 15) is 30.3 Å². The van der Waals surface area contributed by atoms with Crippen molar-refractivity contribution in [3.8, 4) is 0 Å². The number of ether oxygens (including phenoxy) is 2. The molecule has 1 aliphatic rings. The van der Waals surface area contributed by atoms with Crippen LogP contribution in [0, 0.1) is 0 Å². The third-order valence-electron chi connectivity index (χ3n) is 14.0. The predicted molar refractivity (Wildman–Crippen MR) is 286 cm³/mol. The molecule has 1 heterocycles. The van der Waals surface area contributed by atoms with Crippen molar-refractivity contribution in [1.29, 1.82) is 0 Å². The van der Waals surface area contributed by atoms with Crippen molar-refractivity contribution < 1.29 is 39.8 Å². The summed E-state index contributed by atoms with van der Waals surface area (Å²) in [7, 11) is 0. The SMILES string of the molecule is CCCC/C=C\C/C=C\CCCCCCCC(=O)NC(COC1OC(CO)C(O)C(O)C1O)C(O)/C=C/CCCCCCCCCCCCCCCCCCCCCCCCCCCCCCC. The molecule has 9 nitrogen and oxygen atoms in total. The van der Waals surface area contributed by atoms with E-state index in [1.54, 1.807) is 6.08 Å².